The molecule has 0 aromatic carbocycles. The van der Waals surface area contributed by atoms with Crippen molar-refractivity contribution in [3.63, 3.8) is 0 Å². The highest BCUT2D eigenvalue weighted by Crippen LogP contribution is 2.06. The van der Waals surface area contributed by atoms with E-state index >= 15 is 0 Å². The zero-order valence-corrected chi connectivity index (χ0v) is 7.13. The minimum absolute atomic E-state index is 1.14. The van der Waals surface area contributed by atoms with E-state index in [1.54, 1.807) is 0 Å². The topological polar surface area (TPSA) is 0 Å². The lowest BCUT2D eigenvalue weighted by Crippen LogP contribution is -1.71. The molecule has 0 nitrogen and oxygen atoms in total. The van der Waals surface area contributed by atoms with E-state index in [1.807, 2.05) is 0 Å². The third-order valence-corrected chi connectivity index (χ3v) is 1.93. The third-order valence-electron chi connectivity index (χ3n) is 1.93. The van der Waals surface area contributed by atoms with Crippen molar-refractivity contribution in [1.29, 1.82) is 0 Å². The molecule has 0 saturated heterocycles. The van der Waals surface area contributed by atoms with E-state index in [0.717, 1.165) is 12.8 Å². The predicted molar refractivity (Wildman–Crippen MR) is 50.3 cm³/mol. The van der Waals surface area contributed by atoms with Crippen molar-refractivity contribution in [3.05, 3.63) is 30.7 Å². The van der Waals surface area contributed by atoms with Crippen LogP contribution in [-0.2, 0) is 0 Å². The molecule has 0 aromatic rings. The Hall–Kier alpha value is -0.520. The summed E-state index contributed by atoms with van der Waals surface area (Å²) in [6, 6.07) is 0. The average Bonchev–Trinajstić information content (AvgIpc) is 2.08. The van der Waals surface area contributed by atoms with Gasteiger partial charge >= 0.3 is 0 Å². The van der Waals surface area contributed by atoms with Crippen LogP contribution in [0.4, 0.5) is 0 Å². The molecule has 0 aliphatic heterocycles. The molecule has 0 atom stereocenters. The predicted octanol–water partition coefficient (Wildman–Crippen LogP) is 3.66. The zero-order valence-electron chi connectivity index (χ0n) is 7.13. The van der Waals surface area contributed by atoms with E-state index in [-0.39, 0.29) is 0 Å². The summed E-state index contributed by atoms with van der Waals surface area (Å²) in [5.74, 6) is 0. The molecule has 0 spiro atoms. The Morgan fingerprint density at radius 3 is 1.73 bits per heavy atom. The van der Waals surface area contributed by atoms with Gasteiger partial charge in [-0.3, -0.25) is 0 Å². The second-order valence-electron chi connectivity index (χ2n) is 2.99. The van der Waals surface area contributed by atoms with E-state index in [4.69, 9.17) is 0 Å². The first-order valence-electron chi connectivity index (χ1n) is 4.62. The summed E-state index contributed by atoms with van der Waals surface area (Å²) in [6.07, 6.45) is 19.0. The van der Waals surface area contributed by atoms with E-state index in [1.165, 1.54) is 25.7 Å². The molecule has 1 aliphatic carbocycles. The molecule has 0 saturated carbocycles. The smallest absolute Gasteiger partial charge is 0.0311 e. The van der Waals surface area contributed by atoms with Gasteiger partial charge in [0.15, 0.2) is 0 Å². The molecule has 0 aromatic heterocycles. The van der Waals surface area contributed by atoms with Gasteiger partial charge in [0.05, 0.1) is 0 Å². The first-order valence-corrected chi connectivity index (χ1v) is 4.62. The zero-order chi connectivity index (χ0) is 7.78. The number of rotatable bonds is 0. The maximum atomic E-state index is 2.32. The lowest BCUT2D eigenvalue weighted by atomic mass is 10.2. The average molecular weight is 149 g/mol. The minimum Gasteiger partial charge on any atom is -0.0885 e. The number of hydrogen-bond acceptors (Lipinski definition) is 0. The standard InChI is InChI=1S/C11H17/c1-2-4-6-8-10-11-9-7-5-3-1/h1-2,5,9,11H,3-4,6-8,10H2/b2-1-,11-9-. The highest BCUT2D eigenvalue weighted by Gasteiger charge is 1.86. The van der Waals surface area contributed by atoms with Crippen molar-refractivity contribution < 1.29 is 0 Å². The first-order chi connectivity index (χ1) is 5.50. The van der Waals surface area contributed by atoms with Gasteiger partial charge in [0.1, 0.15) is 0 Å². The molecular formula is C11H17. The molecule has 0 amide bonds. The van der Waals surface area contributed by atoms with Crippen LogP contribution in [0.15, 0.2) is 24.3 Å². The van der Waals surface area contributed by atoms with Gasteiger partial charge in [0.2, 0.25) is 0 Å². The van der Waals surface area contributed by atoms with Crippen LogP contribution in [0.2, 0.25) is 0 Å². The van der Waals surface area contributed by atoms with Crippen molar-refractivity contribution >= 4 is 0 Å². The van der Waals surface area contributed by atoms with Crippen molar-refractivity contribution in [2.75, 3.05) is 0 Å². The van der Waals surface area contributed by atoms with E-state index in [0.29, 0.717) is 0 Å². The van der Waals surface area contributed by atoms with Crippen LogP contribution >= 0.6 is 0 Å². The molecule has 1 radical (unpaired) electrons. The van der Waals surface area contributed by atoms with Gasteiger partial charge in [-0.05, 0) is 44.9 Å². The SMILES string of the molecule is [CH]1C/C=C\CCCC/C=C\C1. The second-order valence-corrected chi connectivity index (χ2v) is 2.99. The third kappa shape index (κ3) is 4.83. The Kier molecular flexibility index (Phi) is 4.84. The highest BCUT2D eigenvalue weighted by atomic mass is 13.9. The molecule has 0 fully saturated rings. The lowest BCUT2D eigenvalue weighted by Gasteiger charge is -1.90. The van der Waals surface area contributed by atoms with Crippen LogP contribution in [0, 0.1) is 6.42 Å². The second kappa shape index (κ2) is 6.21. The molecule has 0 bridgehead atoms. The number of allylic oxidation sites excluding steroid dienone is 4. The maximum Gasteiger partial charge on any atom is -0.0311 e. The van der Waals surface area contributed by atoms with Gasteiger partial charge in [-0.15, -0.1) is 0 Å². The van der Waals surface area contributed by atoms with Gasteiger partial charge < -0.3 is 0 Å². The van der Waals surface area contributed by atoms with E-state index < -0.39 is 0 Å². The first kappa shape index (κ1) is 8.58. The Morgan fingerprint density at radius 2 is 1.18 bits per heavy atom. The Balaban J connectivity index is 2.22. The Bertz CT molecular complexity index is 115. The fraction of sp³-hybridized carbons (Fsp3) is 0.545. The normalized spacial score (nSPS) is 26.9. The van der Waals surface area contributed by atoms with Gasteiger partial charge in [0.25, 0.3) is 0 Å². The molecule has 0 heterocycles. The van der Waals surface area contributed by atoms with Crippen molar-refractivity contribution in [2.24, 2.45) is 0 Å². The summed E-state index contributed by atoms with van der Waals surface area (Å²) in [5.41, 5.74) is 0. The Labute approximate surface area is 70.0 Å². The summed E-state index contributed by atoms with van der Waals surface area (Å²) in [5, 5.41) is 0. The number of hydrogen-bond donors (Lipinski definition) is 0. The van der Waals surface area contributed by atoms with Crippen LogP contribution in [0.1, 0.15) is 38.5 Å². The van der Waals surface area contributed by atoms with Crippen molar-refractivity contribution in [3.8, 4) is 0 Å². The fourth-order valence-corrected chi connectivity index (χ4v) is 1.24. The molecule has 11 heavy (non-hydrogen) atoms. The highest BCUT2D eigenvalue weighted by molar-refractivity contribution is 4.93. The quantitative estimate of drug-likeness (QED) is 0.461. The van der Waals surface area contributed by atoms with Crippen LogP contribution in [0.3, 0.4) is 0 Å². The van der Waals surface area contributed by atoms with Crippen LogP contribution < -0.4 is 0 Å². The van der Waals surface area contributed by atoms with Crippen molar-refractivity contribution in [2.45, 2.75) is 38.5 Å². The summed E-state index contributed by atoms with van der Waals surface area (Å²) < 4.78 is 0. The summed E-state index contributed by atoms with van der Waals surface area (Å²) >= 11 is 0. The van der Waals surface area contributed by atoms with Gasteiger partial charge in [0, 0.05) is 0 Å². The van der Waals surface area contributed by atoms with Crippen molar-refractivity contribution in [1.82, 2.24) is 0 Å². The molecule has 0 unspecified atom stereocenters. The minimum atomic E-state index is 1.14. The molecule has 0 heteroatoms. The summed E-state index contributed by atoms with van der Waals surface area (Å²) in [7, 11) is 0. The lowest BCUT2D eigenvalue weighted by molar-refractivity contribution is 0.761. The summed E-state index contributed by atoms with van der Waals surface area (Å²) in [4.78, 5) is 0. The molecule has 0 N–H and O–H groups in total. The molecule has 1 rings (SSSR count). The summed E-state index contributed by atoms with van der Waals surface area (Å²) in [6.45, 7) is 0. The largest absolute Gasteiger partial charge is 0.0885 e. The maximum absolute atomic E-state index is 2.32. The molecule has 61 valence electrons. The fourth-order valence-electron chi connectivity index (χ4n) is 1.24. The monoisotopic (exact) mass is 149 g/mol. The van der Waals surface area contributed by atoms with Gasteiger partial charge in [-0.25, -0.2) is 0 Å². The van der Waals surface area contributed by atoms with E-state index in [9.17, 15) is 0 Å². The van der Waals surface area contributed by atoms with Gasteiger partial charge in [-0.2, -0.15) is 0 Å². The molecular weight excluding hydrogens is 132 g/mol. The van der Waals surface area contributed by atoms with Gasteiger partial charge in [-0.1, -0.05) is 24.3 Å². The van der Waals surface area contributed by atoms with E-state index in [2.05, 4.69) is 30.7 Å². The van der Waals surface area contributed by atoms with Crippen LogP contribution in [-0.4, -0.2) is 0 Å². The Morgan fingerprint density at radius 1 is 0.636 bits per heavy atom. The van der Waals surface area contributed by atoms with Crippen LogP contribution in [0.5, 0.6) is 0 Å². The molecule has 1 aliphatic rings. The van der Waals surface area contributed by atoms with Crippen LogP contribution in [0.25, 0.3) is 0 Å².